The van der Waals surface area contributed by atoms with E-state index in [1.807, 2.05) is 98.8 Å². The number of nitrogens with zero attached hydrogens (tertiary/aromatic N) is 8. The summed E-state index contributed by atoms with van der Waals surface area (Å²) in [7, 11) is 0. The van der Waals surface area contributed by atoms with Crippen LogP contribution < -0.4 is 0 Å². The Morgan fingerprint density at radius 2 is 1.38 bits per heavy atom. The monoisotopic (exact) mass is 548 g/mol. The van der Waals surface area contributed by atoms with Gasteiger partial charge in [0.15, 0.2) is 0 Å². The second-order valence-electron chi connectivity index (χ2n) is 9.11. The third-order valence-electron chi connectivity index (χ3n) is 6.36. The summed E-state index contributed by atoms with van der Waals surface area (Å²) in [6.45, 7) is 11.3. The number of pyridine rings is 4. The van der Waals surface area contributed by atoms with Crippen molar-refractivity contribution in [1.82, 2.24) is 19.9 Å². The van der Waals surface area contributed by atoms with Gasteiger partial charge in [-0.1, -0.05) is 24.3 Å². The van der Waals surface area contributed by atoms with Gasteiger partial charge >= 0.3 is 0 Å². The van der Waals surface area contributed by atoms with Crippen LogP contribution in [0.2, 0.25) is 0 Å². The number of hydrogen-bond donors (Lipinski definition) is 0. The molecule has 0 saturated carbocycles. The fraction of sp³-hybridized carbons (Fsp3) is 0.0588. The molecule has 0 N–H and O–H groups in total. The number of aliphatic imine (C=N–C) groups is 4. The molecule has 4 aromatic rings. The molecule has 0 saturated heterocycles. The summed E-state index contributed by atoms with van der Waals surface area (Å²) in [4.78, 5) is 36.8. The van der Waals surface area contributed by atoms with Gasteiger partial charge in [0.25, 0.3) is 0 Å². The van der Waals surface area contributed by atoms with Gasteiger partial charge in [-0.05, 0) is 93.5 Å². The molecule has 42 heavy (non-hydrogen) atoms. The predicted molar refractivity (Wildman–Crippen MR) is 172 cm³/mol. The minimum absolute atomic E-state index is 0.635. The van der Waals surface area contributed by atoms with Crippen molar-refractivity contribution in [3.8, 4) is 0 Å². The Kier molecular flexibility index (Phi) is 8.64. The summed E-state index contributed by atoms with van der Waals surface area (Å²) in [6.07, 6.45) is 16.5. The summed E-state index contributed by atoms with van der Waals surface area (Å²) in [5, 5.41) is 0. The molecule has 204 valence electrons. The van der Waals surface area contributed by atoms with E-state index in [9.17, 15) is 0 Å². The lowest BCUT2D eigenvalue weighted by Crippen LogP contribution is -2.13. The topological polar surface area (TPSA) is 101 Å². The molecule has 8 heteroatoms. The Bertz CT molecular complexity index is 1810. The fourth-order valence-corrected chi connectivity index (χ4v) is 4.27. The predicted octanol–water partition coefficient (Wildman–Crippen LogP) is 7.18. The van der Waals surface area contributed by atoms with Gasteiger partial charge in [0.05, 0.1) is 39.9 Å². The number of rotatable bonds is 8. The molecular formula is C34H28N8. The van der Waals surface area contributed by atoms with Crippen molar-refractivity contribution < 1.29 is 0 Å². The highest BCUT2D eigenvalue weighted by molar-refractivity contribution is 6.21. The van der Waals surface area contributed by atoms with Crippen molar-refractivity contribution in [2.75, 3.05) is 0 Å². The number of aromatic nitrogens is 4. The van der Waals surface area contributed by atoms with E-state index in [4.69, 9.17) is 15.0 Å². The second kappa shape index (κ2) is 13.1. The van der Waals surface area contributed by atoms with E-state index in [0.29, 0.717) is 51.3 Å². The Hall–Kier alpha value is -5.76. The first kappa shape index (κ1) is 27.8. The van der Waals surface area contributed by atoms with Crippen molar-refractivity contribution >= 4 is 47.6 Å². The first-order valence-electron chi connectivity index (χ1n) is 13.2. The Morgan fingerprint density at radius 3 is 2.05 bits per heavy atom. The standard InChI is InChI=1S/C34H28N8/c1-5-6-11-25(35-3)28-18-16-24(22-40-28)32-34-30(14-10-21-39-34)41-31(33-29(42-32)13-9-20-38-33)23(2)15-17-26(36-4)27-12-7-8-19-37-27/h5-22H,3-4H2,1-2H3/b6-5-,23-15+,25-11-,26-17-,33-31?,34-32?,41-30?,41-31?,42-29?,42-32?. The van der Waals surface area contributed by atoms with E-state index >= 15 is 0 Å². The SMILES string of the molecule is C=N/C(=C\C=C(/C)C1=Nc2cccnc2C(c2ccc(/C(=C/C=C\C)N=C)nc2)=Nc2cccnc21)c1ccccn1. The maximum absolute atomic E-state index is 5.08. The number of fused-ring (bicyclic) bond motifs is 2. The van der Waals surface area contributed by atoms with Crippen LogP contribution in [-0.4, -0.2) is 44.8 Å². The minimum Gasteiger partial charge on any atom is -0.262 e. The molecule has 1 aliphatic rings. The van der Waals surface area contributed by atoms with E-state index < -0.39 is 0 Å². The molecule has 0 amide bonds. The van der Waals surface area contributed by atoms with Crippen molar-refractivity contribution in [2.24, 2.45) is 20.0 Å². The van der Waals surface area contributed by atoms with Crippen LogP contribution in [0.3, 0.4) is 0 Å². The fourth-order valence-electron chi connectivity index (χ4n) is 4.27. The summed E-state index contributed by atoms with van der Waals surface area (Å²) >= 11 is 0. The van der Waals surface area contributed by atoms with Crippen LogP contribution in [0.15, 0.2) is 135 Å². The van der Waals surface area contributed by atoms with Crippen molar-refractivity contribution in [1.29, 1.82) is 0 Å². The molecule has 4 aromatic heterocycles. The van der Waals surface area contributed by atoms with Gasteiger partial charge in [-0.15, -0.1) is 0 Å². The average Bonchev–Trinajstić information content (AvgIpc) is 3.03. The molecule has 0 spiro atoms. The van der Waals surface area contributed by atoms with Gasteiger partial charge in [0, 0.05) is 30.4 Å². The van der Waals surface area contributed by atoms with Crippen LogP contribution in [-0.2, 0) is 0 Å². The van der Waals surface area contributed by atoms with Gasteiger partial charge in [0.1, 0.15) is 17.1 Å². The zero-order chi connectivity index (χ0) is 29.3. The molecule has 0 bridgehead atoms. The van der Waals surface area contributed by atoms with Crippen LogP contribution in [0, 0.1) is 0 Å². The van der Waals surface area contributed by atoms with E-state index in [0.717, 1.165) is 16.8 Å². The molecule has 0 unspecified atom stereocenters. The van der Waals surface area contributed by atoms with Crippen LogP contribution in [0.5, 0.6) is 0 Å². The second-order valence-corrected chi connectivity index (χ2v) is 9.11. The minimum atomic E-state index is 0.635. The number of hydrogen-bond acceptors (Lipinski definition) is 8. The van der Waals surface area contributed by atoms with Crippen LogP contribution in [0.25, 0.3) is 11.4 Å². The lowest BCUT2D eigenvalue weighted by molar-refractivity contribution is 1.20. The van der Waals surface area contributed by atoms with Gasteiger partial charge in [-0.25, -0.2) is 9.98 Å². The first-order chi connectivity index (χ1) is 20.6. The summed E-state index contributed by atoms with van der Waals surface area (Å²) in [6, 6.07) is 17.1. The average molecular weight is 549 g/mol. The lowest BCUT2D eigenvalue weighted by atomic mass is 10.0. The Balaban J connectivity index is 1.62. The normalized spacial score (nSPS) is 13.8. The lowest BCUT2D eigenvalue weighted by Gasteiger charge is -2.16. The summed E-state index contributed by atoms with van der Waals surface area (Å²) < 4.78 is 0. The molecule has 0 fully saturated rings. The molecule has 5 rings (SSSR count). The van der Waals surface area contributed by atoms with Crippen molar-refractivity contribution in [3.05, 3.63) is 144 Å². The zero-order valence-electron chi connectivity index (χ0n) is 23.4. The van der Waals surface area contributed by atoms with Crippen molar-refractivity contribution in [3.63, 3.8) is 0 Å². The summed E-state index contributed by atoms with van der Waals surface area (Å²) in [5.41, 5.74) is 8.33. The Labute approximate surface area is 244 Å². The maximum Gasteiger partial charge on any atom is 0.115 e. The molecule has 0 aromatic carbocycles. The van der Waals surface area contributed by atoms with Crippen LogP contribution in [0.4, 0.5) is 11.4 Å². The zero-order valence-corrected chi connectivity index (χ0v) is 23.4. The van der Waals surface area contributed by atoms with Crippen LogP contribution in [0.1, 0.15) is 42.2 Å². The molecule has 0 radical (unpaired) electrons. The van der Waals surface area contributed by atoms with Gasteiger partial charge in [0.2, 0.25) is 0 Å². The molecule has 0 aliphatic carbocycles. The van der Waals surface area contributed by atoms with E-state index in [-0.39, 0.29) is 0 Å². The van der Waals surface area contributed by atoms with E-state index in [2.05, 4.69) is 38.4 Å². The van der Waals surface area contributed by atoms with Crippen molar-refractivity contribution in [2.45, 2.75) is 13.8 Å². The highest BCUT2D eigenvalue weighted by Crippen LogP contribution is 2.31. The Morgan fingerprint density at radius 1 is 0.690 bits per heavy atom. The van der Waals surface area contributed by atoms with Gasteiger partial charge in [-0.3, -0.25) is 29.9 Å². The smallest absolute Gasteiger partial charge is 0.115 e. The van der Waals surface area contributed by atoms with E-state index in [1.54, 1.807) is 24.8 Å². The highest BCUT2D eigenvalue weighted by atomic mass is 14.9. The molecule has 1 aliphatic heterocycles. The highest BCUT2D eigenvalue weighted by Gasteiger charge is 2.21. The molecule has 0 atom stereocenters. The molecule has 5 heterocycles. The third kappa shape index (κ3) is 6.03. The van der Waals surface area contributed by atoms with Crippen LogP contribution >= 0.6 is 0 Å². The molecule has 8 nitrogen and oxygen atoms in total. The van der Waals surface area contributed by atoms with E-state index in [1.165, 1.54) is 0 Å². The maximum atomic E-state index is 5.08. The van der Waals surface area contributed by atoms with Gasteiger partial charge < -0.3 is 0 Å². The van der Waals surface area contributed by atoms with Gasteiger partial charge in [-0.2, -0.15) is 0 Å². The quantitative estimate of drug-likeness (QED) is 0.172. The first-order valence-corrected chi connectivity index (χ1v) is 13.2. The summed E-state index contributed by atoms with van der Waals surface area (Å²) in [5.74, 6) is 0. The molecular weight excluding hydrogens is 520 g/mol. The number of allylic oxidation sites excluding steroid dienone is 6. The largest absolute Gasteiger partial charge is 0.262 e. The third-order valence-corrected chi connectivity index (χ3v) is 6.36.